The average Bonchev–Trinajstić information content (AvgIpc) is 3.32. The molecule has 1 fully saturated rings. The topological polar surface area (TPSA) is 70.0 Å². The molecule has 3 heterocycles. The van der Waals surface area contributed by atoms with Crippen LogP contribution in [-0.2, 0) is 0 Å². The van der Waals surface area contributed by atoms with Gasteiger partial charge in [-0.1, -0.05) is 66.7 Å². The molecule has 4 aromatic rings. The molecule has 3 amide bonds. The number of pyridine rings is 1. The van der Waals surface area contributed by atoms with E-state index < -0.39 is 0 Å². The zero-order valence-corrected chi connectivity index (χ0v) is 18.2. The molecule has 2 aromatic heterocycles. The number of carbonyl (C=O) groups excluding carboxylic acids is 2. The number of piperazine rings is 1. The van der Waals surface area contributed by atoms with Gasteiger partial charge in [-0.15, -0.1) is 0 Å². The van der Waals surface area contributed by atoms with Crippen LogP contribution in [0.5, 0.6) is 0 Å². The maximum Gasteiger partial charge on any atom is 0.318 e. The molecule has 0 radical (unpaired) electrons. The van der Waals surface area contributed by atoms with Gasteiger partial charge in [-0.05, 0) is 23.3 Å². The molecule has 2 aromatic carbocycles. The molecular formula is C26H25N5O2. The van der Waals surface area contributed by atoms with Crippen molar-refractivity contribution in [3.05, 3.63) is 108 Å². The van der Waals surface area contributed by atoms with Crippen LogP contribution in [0.2, 0.25) is 0 Å². The second-order valence-electron chi connectivity index (χ2n) is 8.07. The van der Waals surface area contributed by atoms with Crippen molar-refractivity contribution < 1.29 is 9.59 Å². The lowest BCUT2D eigenvalue weighted by Crippen LogP contribution is -2.53. The lowest BCUT2D eigenvalue weighted by molar-refractivity contribution is 0.0666. The Hall–Kier alpha value is -4.13. The highest BCUT2D eigenvalue weighted by atomic mass is 16.2. The fraction of sp³-hybridized carbons (Fsp3) is 0.192. The number of nitrogens with zero attached hydrogens (tertiary/aromatic N) is 4. The van der Waals surface area contributed by atoms with E-state index >= 15 is 0 Å². The number of amides is 3. The van der Waals surface area contributed by atoms with Crippen LogP contribution in [0, 0.1) is 0 Å². The van der Waals surface area contributed by atoms with E-state index in [4.69, 9.17) is 0 Å². The first kappa shape index (κ1) is 20.8. The average molecular weight is 440 g/mol. The zero-order valence-electron chi connectivity index (χ0n) is 18.2. The Kier molecular flexibility index (Phi) is 5.76. The lowest BCUT2D eigenvalue weighted by atomic mass is 9.99. The Balaban J connectivity index is 1.26. The van der Waals surface area contributed by atoms with Gasteiger partial charge in [0, 0.05) is 32.4 Å². The molecule has 0 bridgehead atoms. The van der Waals surface area contributed by atoms with Gasteiger partial charge in [-0.3, -0.25) is 4.79 Å². The number of nitrogens with one attached hydrogen (secondary N) is 1. The van der Waals surface area contributed by atoms with E-state index in [1.807, 2.05) is 85.1 Å². The van der Waals surface area contributed by atoms with Gasteiger partial charge >= 0.3 is 6.03 Å². The summed E-state index contributed by atoms with van der Waals surface area (Å²) in [4.78, 5) is 29.8. The quantitative estimate of drug-likeness (QED) is 0.528. The molecule has 1 aliphatic rings. The van der Waals surface area contributed by atoms with Crippen molar-refractivity contribution in [3.8, 4) is 0 Å². The summed E-state index contributed by atoms with van der Waals surface area (Å²) in [5.41, 5.74) is 3.43. The second-order valence-corrected chi connectivity index (χ2v) is 8.07. The van der Waals surface area contributed by atoms with E-state index in [-0.39, 0.29) is 18.0 Å². The van der Waals surface area contributed by atoms with Crippen molar-refractivity contribution in [2.45, 2.75) is 6.04 Å². The van der Waals surface area contributed by atoms with E-state index in [9.17, 15) is 9.59 Å². The van der Waals surface area contributed by atoms with Gasteiger partial charge in [0.1, 0.15) is 0 Å². The van der Waals surface area contributed by atoms with Crippen LogP contribution in [0.4, 0.5) is 4.79 Å². The van der Waals surface area contributed by atoms with Crippen molar-refractivity contribution in [2.75, 3.05) is 26.2 Å². The van der Waals surface area contributed by atoms with Gasteiger partial charge in [0.25, 0.3) is 5.91 Å². The van der Waals surface area contributed by atoms with E-state index in [0.717, 1.165) is 16.6 Å². The normalized spacial score (nSPS) is 14.0. The molecule has 1 saturated heterocycles. The minimum Gasteiger partial charge on any atom is -0.335 e. The van der Waals surface area contributed by atoms with Crippen LogP contribution < -0.4 is 5.32 Å². The number of rotatable bonds is 4. The molecule has 33 heavy (non-hydrogen) atoms. The minimum atomic E-state index is -0.238. The summed E-state index contributed by atoms with van der Waals surface area (Å²) in [5.74, 6) is -0.0531. The van der Waals surface area contributed by atoms with Crippen LogP contribution in [0.15, 0.2) is 91.3 Å². The smallest absolute Gasteiger partial charge is 0.318 e. The molecule has 7 nitrogen and oxygen atoms in total. The number of urea groups is 1. The predicted molar refractivity (Wildman–Crippen MR) is 126 cm³/mol. The van der Waals surface area contributed by atoms with Crippen molar-refractivity contribution in [2.24, 2.45) is 0 Å². The first-order valence-electron chi connectivity index (χ1n) is 11.1. The fourth-order valence-corrected chi connectivity index (χ4v) is 4.25. The Morgan fingerprint density at radius 3 is 1.97 bits per heavy atom. The lowest BCUT2D eigenvalue weighted by Gasteiger charge is -2.35. The highest BCUT2D eigenvalue weighted by molar-refractivity contribution is 6.00. The summed E-state index contributed by atoms with van der Waals surface area (Å²) in [5, 5.41) is 7.45. The van der Waals surface area contributed by atoms with Gasteiger partial charge in [0.05, 0.1) is 23.3 Å². The Labute approximate surface area is 192 Å². The number of carbonyl (C=O) groups is 2. The Bertz CT molecular complexity index is 1210. The van der Waals surface area contributed by atoms with Crippen LogP contribution >= 0.6 is 0 Å². The summed E-state index contributed by atoms with van der Waals surface area (Å²) in [6, 6.07) is 25.2. The Morgan fingerprint density at radius 2 is 1.33 bits per heavy atom. The molecule has 166 valence electrons. The minimum absolute atomic E-state index is 0.0531. The van der Waals surface area contributed by atoms with Gasteiger partial charge < -0.3 is 15.1 Å². The Morgan fingerprint density at radius 1 is 0.758 bits per heavy atom. The van der Waals surface area contributed by atoms with E-state index in [1.165, 1.54) is 0 Å². The first-order valence-corrected chi connectivity index (χ1v) is 11.1. The van der Waals surface area contributed by atoms with E-state index in [0.29, 0.717) is 31.7 Å². The summed E-state index contributed by atoms with van der Waals surface area (Å²) in [6.45, 7) is 1.93. The summed E-state index contributed by atoms with van der Waals surface area (Å²) in [7, 11) is 0. The standard InChI is InChI=1S/C26H25N5O2/c32-25(22-19-27-31-14-8-7-13-23(22)31)29-15-17-30(18-16-29)26(33)28-24(20-9-3-1-4-10-20)21-11-5-2-6-12-21/h1-14,19,24H,15-18H2,(H,28,33). The largest absolute Gasteiger partial charge is 0.335 e. The number of hydrogen-bond acceptors (Lipinski definition) is 3. The molecular weight excluding hydrogens is 414 g/mol. The number of aromatic nitrogens is 2. The number of fused-ring (bicyclic) bond motifs is 1. The van der Waals surface area contributed by atoms with Crippen LogP contribution in [0.1, 0.15) is 27.5 Å². The fourth-order valence-electron chi connectivity index (χ4n) is 4.25. The van der Waals surface area contributed by atoms with Crippen LogP contribution in [0.25, 0.3) is 5.52 Å². The molecule has 1 N–H and O–H groups in total. The summed E-state index contributed by atoms with van der Waals surface area (Å²) < 4.78 is 1.70. The number of benzene rings is 2. The molecule has 0 spiro atoms. The van der Waals surface area contributed by atoms with Crippen LogP contribution in [0.3, 0.4) is 0 Å². The van der Waals surface area contributed by atoms with E-state index in [2.05, 4.69) is 10.4 Å². The number of hydrogen-bond donors (Lipinski definition) is 1. The molecule has 1 aliphatic heterocycles. The van der Waals surface area contributed by atoms with Crippen molar-refractivity contribution in [1.29, 1.82) is 0 Å². The molecule has 0 unspecified atom stereocenters. The van der Waals surface area contributed by atoms with Gasteiger partial charge in [-0.25, -0.2) is 9.31 Å². The van der Waals surface area contributed by atoms with Crippen molar-refractivity contribution in [3.63, 3.8) is 0 Å². The third-order valence-corrected chi connectivity index (χ3v) is 6.04. The molecule has 7 heteroatoms. The SMILES string of the molecule is O=C(NC(c1ccccc1)c1ccccc1)N1CCN(C(=O)c2cnn3ccccc23)CC1. The van der Waals surface area contributed by atoms with E-state index in [1.54, 1.807) is 20.5 Å². The van der Waals surface area contributed by atoms with Gasteiger partial charge in [0.15, 0.2) is 0 Å². The monoisotopic (exact) mass is 439 g/mol. The molecule has 5 rings (SSSR count). The molecule has 0 saturated carbocycles. The van der Waals surface area contributed by atoms with Crippen molar-refractivity contribution >= 4 is 17.5 Å². The van der Waals surface area contributed by atoms with Gasteiger partial charge in [-0.2, -0.15) is 5.10 Å². The van der Waals surface area contributed by atoms with Gasteiger partial charge in [0.2, 0.25) is 0 Å². The summed E-state index contributed by atoms with van der Waals surface area (Å²) >= 11 is 0. The predicted octanol–water partition coefficient (Wildman–Crippen LogP) is 3.59. The zero-order chi connectivity index (χ0) is 22.6. The molecule has 0 aliphatic carbocycles. The first-order chi connectivity index (χ1) is 16.2. The maximum absolute atomic E-state index is 13.1. The second kappa shape index (κ2) is 9.16. The highest BCUT2D eigenvalue weighted by Crippen LogP contribution is 2.22. The summed E-state index contributed by atoms with van der Waals surface area (Å²) in [6.07, 6.45) is 3.44. The highest BCUT2D eigenvalue weighted by Gasteiger charge is 2.28. The third-order valence-electron chi connectivity index (χ3n) is 6.04. The van der Waals surface area contributed by atoms with Crippen LogP contribution in [-0.4, -0.2) is 57.5 Å². The third kappa shape index (κ3) is 4.30. The maximum atomic E-state index is 13.1. The molecule has 0 atom stereocenters. The van der Waals surface area contributed by atoms with Crippen molar-refractivity contribution in [1.82, 2.24) is 24.7 Å².